The third-order valence-electron chi connectivity index (χ3n) is 3.66. The number of ketones is 1. The van der Waals surface area contributed by atoms with Crippen molar-refractivity contribution in [3.05, 3.63) is 11.1 Å². The highest BCUT2D eigenvalue weighted by Crippen LogP contribution is 2.37. The summed E-state index contributed by atoms with van der Waals surface area (Å²) in [6.07, 6.45) is 5.60. The summed E-state index contributed by atoms with van der Waals surface area (Å²) in [6, 6.07) is 0. The molecule has 0 bridgehead atoms. The lowest BCUT2D eigenvalue weighted by atomic mass is 9.81. The molecule has 0 radical (unpaired) electrons. The SMILES string of the molecule is CC1=C([C@@H]2CCC[C@H](O)C2)CCC1=O. The molecule has 2 aliphatic carbocycles. The molecule has 0 aromatic carbocycles. The summed E-state index contributed by atoms with van der Waals surface area (Å²) in [6.45, 7) is 1.95. The van der Waals surface area contributed by atoms with Crippen LogP contribution in [0.5, 0.6) is 0 Å². The van der Waals surface area contributed by atoms with Gasteiger partial charge in [0, 0.05) is 6.42 Å². The Morgan fingerprint density at radius 1 is 1.29 bits per heavy atom. The van der Waals surface area contributed by atoms with Gasteiger partial charge >= 0.3 is 0 Å². The number of allylic oxidation sites excluding steroid dienone is 2. The van der Waals surface area contributed by atoms with Crippen LogP contribution in [0, 0.1) is 5.92 Å². The maximum atomic E-state index is 11.4. The Morgan fingerprint density at radius 3 is 2.64 bits per heavy atom. The van der Waals surface area contributed by atoms with Gasteiger partial charge in [0.15, 0.2) is 5.78 Å². The van der Waals surface area contributed by atoms with Crippen molar-refractivity contribution in [2.24, 2.45) is 5.92 Å². The zero-order valence-corrected chi connectivity index (χ0v) is 8.75. The molecule has 2 rings (SSSR count). The van der Waals surface area contributed by atoms with Crippen LogP contribution in [-0.2, 0) is 4.79 Å². The molecule has 2 aliphatic rings. The molecule has 0 aliphatic heterocycles. The number of rotatable bonds is 1. The first kappa shape index (κ1) is 9.91. The summed E-state index contributed by atoms with van der Waals surface area (Å²) >= 11 is 0. The molecular weight excluding hydrogens is 176 g/mol. The molecule has 0 aromatic rings. The normalized spacial score (nSPS) is 34.0. The highest BCUT2D eigenvalue weighted by molar-refractivity contribution is 5.98. The third kappa shape index (κ3) is 1.76. The second-order valence-electron chi connectivity index (χ2n) is 4.59. The summed E-state index contributed by atoms with van der Waals surface area (Å²) in [5.74, 6) is 0.810. The van der Waals surface area contributed by atoms with Crippen molar-refractivity contribution >= 4 is 5.78 Å². The number of hydrogen-bond acceptors (Lipinski definition) is 2. The van der Waals surface area contributed by atoms with Crippen molar-refractivity contribution in [2.75, 3.05) is 0 Å². The Hall–Kier alpha value is -0.630. The van der Waals surface area contributed by atoms with Crippen molar-refractivity contribution in [3.8, 4) is 0 Å². The standard InChI is InChI=1S/C12H18O2/c1-8-11(5-6-12(8)14)9-3-2-4-10(13)7-9/h9-10,13H,2-7H2,1H3/t9-,10+/m1/s1. The topological polar surface area (TPSA) is 37.3 Å². The van der Waals surface area contributed by atoms with Crippen LogP contribution in [0.3, 0.4) is 0 Å². The lowest BCUT2D eigenvalue weighted by molar-refractivity contribution is -0.114. The number of carbonyl (C=O) groups is 1. The molecule has 0 amide bonds. The predicted octanol–water partition coefficient (Wildman–Crippen LogP) is 2.22. The molecule has 0 saturated heterocycles. The number of hydrogen-bond donors (Lipinski definition) is 1. The average molecular weight is 194 g/mol. The van der Waals surface area contributed by atoms with Crippen molar-refractivity contribution in [2.45, 2.75) is 51.6 Å². The largest absolute Gasteiger partial charge is 0.393 e. The Labute approximate surface area is 85.0 Å². The number of aliphatic hydroxyl groups is 1. The van der Waals surface area contributed by atoms with Crippen LogP contribution in [0.25, 0.3) is 0 Å². The fourth-order valence-electron chi connectivity index (χ4n) is 2.79. The van der Waals surface area contributed by atoms with Gasteiger partial charge in [0.25, 0.3) is 0 Å². The summed E-state index contributed by atoms with van der Waals surface area (Å²) in [7, 11) is 0. The quantitative estimate of drug-likeness (QED) is 0.695. The predicted molar refractivity (Wildman–Crippen MR) is 54.9 cm³/mol. The van der Waals surface area contributed by atoms with Gasteiger partial charge in [-0.25, -0.2) is 0 Å². The highest BCUT2D eigenvalue weighted by atomic mass is 16.3. The van der Waals surface area contributed by atoms with Crippen molar-refractivity contribution in [3.63, 3.8) is 0 Å². The van der Waals surface area contributed by atoms with Crippen LogP contribution in [-0.4, -0.2) is 17.0 Å². The second kappa shape index (κ2) is 3.85. The summed E-state index contributed by atoms with van der Waals surface area (Å²) < 4.78 is 0. The molecule has 14 heavy (non-hydrogen) atoms. The molecule has 0 heterocycles. The van der Waals surface area contributed by atoms with E-state index in [0.717, 1.165) is 37.7 Å². The van der Waals surface area contributed by atoms with E-state index >= 15 is 0 Å². The average Bonchev–Trinajstić information content (AvgIpc) is 2.48. The molecule has 0 spiro atoms. The molecule has 1 saturated carbocycles. The van der Waals surface area contributed by atoms with E-state index in [-0.39, 0.29) is 6.10 Å². The molecular formula is C12H18O2. The maximum Gasteiger partial charge on any atom is 0.158 e. The van der Waals surface area contributed by atoms with E-state index in [4.69, 9.17) is 0 Å². The van der Waals surface area contributed by atoms with Gasteiger partial charge in [-0.05, 0) is 44.1 Å². The lowest BCUT2D eigenvalue weighted by Gasteiger charge is -2.27. The van der Waals surface area contributed by atoms with Crippen LogP contribution in [0.4, 0.5) is 0 Å². The first-order valence-corrected chi connectivity index (χ1v) is 5.59. The fraction of sp³-hybridized carbons (Fsp3) is 0.750. The van der Waals surface area contributed by atoms with Crippen molar-refractivity contribution < 1.29 is 9.90 Å². The van der Waals surface area contributed by atoms with E-state index in [1.807, 2.05) is 6.92 Å². The van der Waals surface area contributed by atoms with Gasteiger partial charge < -0.3 is 5.11 Å². The Balaban J connectivity index is 2.11. The van der Waals surface area contributed by atoms with Gasteiger partial charge in [-0.2, -0.15) is 0 Å². The fourth-order valence-corrected chi connectivity index (χ4v) is 2.79. The Bertz CT molecular complexity index is 278. The van der Waals surface area contributed by atoms with Gasteiger partial charge in [-0.3, -0.25) is 4.79 Å². The van der Waals surface area contributed by atoms with Gasteiger partial charge in [0.2, 0.25) is 0 Å². The molecule has 0 unspecified atom stereocenters. The molecule has 2 nitrogen and oxygen atoms in total. The van der Waals surface area contributed by atoms with E-state index in [9.17, 15) is 9.90 Å². The number of carbonyl (C=O) groups excluding carboxylic acids is 1. The molecule has 2 atom stereocenters. The lowest BCUT2D eigenvalue weighted by Crippen LogP contribution is -2.20. The first-order valence-electron chi connectivity index (χ1n) is 5.59. The first-order chi connectivity index (χ1) is 6.68. The van der Waals surface area contributed by atoms with Crippen molar-refractivity contribution in [1.29, 1.82) is 0 Å². The van der Waals surface area contributed by atoms with Crippen molar-refractivity contribution in [1.82, 2.24) is 0 Å². The Morgan fingerprint density at radius 2 is 2.07 bits per heavy atom. The van der Waals surface area contributed by atoms with Crippen LogP contribution >= 0.6 is 0 Å². The smallest absolute Gasteiger partial charge is 0.158 e. The van der Waals surface area contributed by atoms with Crippen LogP contribution < -0.4 is 0 Å². The molecule has 78 valence electrons. The summed E-state index contributed by atoms with van der Waals surface area (Å²) in [5.41, 5.74) is 2.33. The summed E-state index contributed by atoms with van der Waals surface area (Å²) in [5, 5.41) is 9.58. The minimum absolute atomic E-state index is 0.134. The molecule has 1 fully saturated rings. The molecule has 1 N–H and O–H groups in total. The minimum atomic E-state index is -0.134. The van der Waals surface area contributed by atoms with Crippen LogP contribution in [0.2, 0.25) is 0 Å². The third-order valence-corrected chi connectivity index (χ3v) is 3.66. The summed E-state index contributed by atoms with van der Waals surface area (Å²) in [4.78, 5) is 11.4. The Kier molecular flexibility index (Phi) is 2.73. The van der Waals surface area contributed by atoms with Gasteiger partial charge in [0.05, 0.1) is 6.10 Å². The van der Waals surface area contributed by atoms with Gasteiger partial charge in [0.1, 0.15) is 0 Å². The second-order valence-corrected chi connectivity index (χ2v) is 4.59. The molecule has 0 aromatic heterocycles. The van der Waals surface area contributed by atoms with Crippen LogP contribution in [0.1, 0.15) is 45.4 Å². The number of aliphatic hydroxyl groups excluding tert-OH is 1. The minimum Gasteiger partial charge on any atom is -0.393 e. The van der Waals surface area contributed by atoms with E-state index in [0.29, 0.717) is 18.1 Å². The van der Waals surface area contributed by atoms with E-state index in [2.05, 4.69) is 0 Å². The van der Waals surface area contributed by atoms with E-state index in [1.165, 1.54) is 5.57 Å². The van der Waals surface area contributed by atoms with Gasteiger partial charge in [-0.1, -0.05) is 12.0 Å². The zero-order valence-electron chi connectivity index (χ0n) is 8.75. The molecule has 2 heteroatoms. The van der Waals surface area contributed by atoms with E-state index in [1.54, 1.807) is 0 Å². The zero-order chi connectivity index (χ0) is 10.1. The monoisotopic (exact) mass is 194 g/mol. The van der Waals surface area contributed by atoms with Gasteiger partial charge in [-0.15, -0.1) is 0 Å². The number of Topliss-reactive ketones (excluding diaryl/α,β-unsaturated/α-hetero) is 1. The highest BCUT2D eigenvalue weighted by Gasteiger charge is 2.29. The van der Waals surface area contributed by atoms with Crippen LogP contribution in [0.15, 0.2) is 11.1 Å². The van der Waals surface area contributed by atoms with E-state index < -0.39 is 0 Å². The maximum absolute atomic E-state index is 11.4.